The normalized spacial score (nSPS) is 11.1. The SMILES string of the molecule is COCCn1c(Cc2ccccc2)nc2ccc(Br)cc21. The molecular weight excluding hydrogens is 328 g/mol. The number of rotatable bonds is 5. The van der Waals surface area contributed by atoms with E-state index in [1.54, 1.807) is 7.11 Å². The summed E-state index contributed by atoms with van der Waals surface area (Å²) in [5.74, 6) is 1.08. The Hall–Kier alpha value is -1.65. The van der Waals surface area contributed by atoms with Gasteiger partial charge in [-0.05, 0) is 23.8 Å². The molecule has 0 spiro atoms. The van der Waals surface area contributed by atoms with Crippen LogP contribution in [0.2, 0.25) is 0 Å². The Labute approximate surface area is 132 Å². The summed E-state index contributed by atoms with van der Waals surface area (Å²) in [5, 5.41) is 0. The molecule has 4 heteroatoms. The molecule has 0 saturated heterocycles. The molecule has 0 unspecified atom stereocenters. The number of imidazole rings is 1. The zero-order valence-corrected chi connectivity index (χ0v) is 13.5. The molecule has 1 heterocycles. The minimum Gasteiger partial charge on any atom is -0.383 e. The van der Waals surface area contributed by atoms with Gasteiger partial charge in [-0.1, -0.05) is 46.3 Å². The lowest BCUT2D eigenvalue weighted by Crippen LogP contribution is -2.08. The van der Waals surface area contributed by atoms with E-state index in [1.165, 1.54) is 5.56 Å². The molecule has 0 fully saturated rings. The van der Waals surface area contributed by atoms with Gasteiger partial charge in [0.05, 0.1) is 17.6 Å². The van der Waals surface area contributed by atoms with Crippen molar-refractivity contribution < 1.29 is 4.74 Å². The Morgan fingerprint density at radius 1 is 1.14 bits per heavy atom. The molecule has 0 aliphatic carbocycles. The number of ether oxygens (including phenoxy) is 1. The highest BCUT2D eigenvalue weighted by Gasteiger charge is 2.11. The number of aromatic nitrogens is 2. The Morgan fingerprint density at radius 2 is 1.95 bits per heavy atom. The third-order valence-electron chi connectivity index (χ3n) is 3.51. The average Bonchev–Trinajstić information content (AvgIpc) is 2.83. The van der Waals surface area contributed by atoms with Gasteiger partial charge in [-0.2, -0.15) is 0 Å². The van der Waals surface area contributed by atoms with E-state index >= 15 is 0 Å². The summed E-state index contributed by atoms with van der Waals surface area (Å²) in [6, 6.07) is 16.6. The van der Waals surface area contributed by atoms with Crippen molar-refractivity contribution in [1.29, 1.82) is 0 Å². The van der Waals surface area contributed by atoms with Gasteiger partial charge in [0.2, 0.25) is 0 Å². The van der Waals surface area contributed by atoms with E-state index in [9.17, 15) is 0 Å². The summed E-state index contributed by atoms with van der Waals surface area (Å²) in [4.78, 5) is 4.79. The van der Waals surface area contributed by atoms with Crippen LogP contribution in [0.3, 0.4) is 0 Å². The molecule has 108 valence electrons. The fourth-order valence-electron chi connectivity index (χ4n) is 2.49. The summed E-state index contributed by atoms with van der Waals surface area (Å²) < 4.78 is 8.56. The number of hydrogen-bond donors (Lipinski definition) is 0. The molecule has 3 aromatic rings. The van der Waals surface area contributed by atoms with E-state index in [-0.39, 0.29) is 0 Å². The minimum atomic E-state index is 0.680. The smallest absolute Gasteiger partial charge is 0.114 e. The first-order chi connectivity index (χ1) is 10.3. The summed E-state index contributed by atoms with van der Waals surface area (Å²) in [7, 11) is 1.73. The van der Waals surface area contributed by atoms with Crippen molar-refractivity contribution in [2.45, 2.75) is 13.0 Å². The standard InChI is InChI=1S/C17H17BrN2O/c1-21-10-9-20-16-12-14(18)7-8-15(16)19-17(20)11-13-5-3-2-4-6-13/h2-8,12H,9-11H2,1H3. The second-order valence-electron chi connectivity index (χ2n) is 4.97. The van der Waals surface area contributed by atoms with Crippen molar-refractivity contribution in [2.24, 2.45) is 0 Å². The second-order valence-corrected chi connectivity index (χ2v) is 5.88. The number of methoxy groups -OCH3 is 1. The molecule has 0 amide bonds. The predicted molar refractivity (Wildman–Crippen MR) is 88.6 cm³/mol. The van der Waals surface area contributed by atoms with Crippen LogP contribution in [0, 0.1) is 0 Å². The summed E-state index contributed by atoms with van der Waals surface area (Å²) in [6.07, 6.45) is 0.830. The van der Waals surface area contributed by atoms with E-state index in [2.05, 4.69) is 56.9 Å². The molecule has 3 nitrogen and oxygen atoms in total. The molecule has 2 aromatic carbocycles. The van der Waals surface area contributed by atoms with Crippen LogP contribution in [0.5, 0.6) is 0 Å². The van der Waals surface area contributed by atoms with Gasteiger partial charge in [-0.25, -0.2) is 4.98 Å². The molecule has 0 aliphatic rings. The summed E-state index contributed by atoms with van der Waals surface area (Å²) in [6.45, 7) is 1.49. The van der Waals surface area contributed by atoms with Gasteiger partial charge in [-0.15, -0.1) is 0 Å². The van der Waals surface area contributed by atoms with Gasteiger partial charge in [0.15, 0.2) is 0 Å². The van der Waals surface area contributed by atoms with Crippen molar-refractivity contribution in [3.63, 3.8) is 0 Å². The van der Waals surface area contributed by atoms with Crippen LogP contribution >= 0.6 is 15.9 Å². The van der Waals surface area contributed by atoms with Gasteiger partial charge in [-0.3, -0.25) is 0 Å². The van der Waals surface area contributed by atoms with Crippen LogP contribution in [0.25, 0.3) is 11.0 Å². The monoisotopic (exact) mass is 344 g/mol. The first-order valence-electron chi connectivity index (χ1n) is 6.95. The van der Waals surface area contributed by atoms with E-state index in [0.717, 1.165) is 34.3 Å². The maximum Gasteiger partial charge on any atom is 0.114 e. The van der Waals surface area contributed by atoms with Gasteiger partial charge in [0.1, 0.15) is 5.82 Å². The highest BCUT2D eigenvalue weighted by Crippen LogP contribution is 2.22. The Morgan fingerprint density at radius 3 is 2.71 bits per heavy atom. The van der Waals surface area contributed by atoms with Gasteiger partial charge < -0.3 is 9.30 Å². The van der Waals surface area contributed by atoms with Crippen LogP contribution in [-0.4, -0.2) is 23.3 Å². The Kier molecular flexibility index (Phi) is 4.36. The topological polar surface area (TPSA) is 27.1 Å². The van der Waals surface area contributed by atoms with E-state index in [4.69, 9.17) is 9.72 Å². The lowest BCUT2D eigenvalue weighted by atomic mass is 10.1. The predicted octanol–water partition coefficient (Wildman–Crippen LogP) is 4.04. The van der Waals surface area contributed by atoms with Crippen molar-refractivity contribution in [2.75, 3.05) is 13.7 Å². The zero-order chi connectivity index (χ0) is 14.7. The van der Waals surface area contributed by atoms with E-state index in [1.807, 2.05) is 12.1 Å². The first-order valence-corrected chi connectivity index (χ1v) is 7.75. The second kappa shape index (κ2) is 6.41. The van der Waals surface area contributed by atoms with E-state index in [0.29, 0.717) is 6.61 Å². The molecule has 21 heavy (non-hydrogen) atoms. The van der Waals surface area contributed by atoms with Crippen LogP contribution in [0.15, 0.2) is 53.0 Å². The maximum atomic E-state index is 5.24. The number of fused-ring (bicyclic) bond motifs is 1. The molecule has 0 atom stereocenters. The van der Waals surface area contributed by atoms with Crippen LogP contribution in [0.4, 0.5) is 0 Å². The Balaban J connectivity index is 2.03. The van der Waals surface area contributed by atoms with Crippen LogP contribution in [-0.2, 0) is 17.7 Å². The molecular formula is C17H17BrN2O. The summed E-state index contributed by atoms with van der Waals surface area (Å²) in [5.41, 5.74) is 3.44. The molecule has 0 aliphatic heterocycles. The van der Waals surface area contributed by atoms with Crippen molar-refractivity contribution >= 4 is 27.0 Å². The highest BCUT2D eigenvalue weighted by atomic mass is 79.9. The third kappa shape index (κ3) is 3.17. The first kappa shape index (κ1) is 14.3. The Bertz CT molecular complexity index is 737. The highest BCUT2D eigenvalue weighted by molar-refractivity contribution is 9.10. The minimum absolute atomic E-state index is 0.680. The largest absolute Gasteiger partial charge is 0.383 e. The van der Waals surface area contributed by atoms with Crippen molar-refractivity contribution in [1.82, 2.24) is 9.55 Å². The van der Waals surface area contributed by atoms with Gasteiger partial charge in [0, 0.05) is 24.5 Å². The van der Waals surface area contributed by atoms with E-state index < -0.39 is 0 Å². The number of halogens is 1. The number of benzene rings is 2. The molecule has 0 N–H and O–H groups in total. The summed E-state index contributed by atoms with van der Waals surface area (Å²) >= 11 is 3.54. The molecule has 3 rings (SSSR count). The van der Waals surface area contributed by atoms with Crippen LogP contribution in [0.1, 0.15) is 11.4 Å². The quantitative estimate of drug-likeness (QED) is 0.698. The molecule has 0 bridgehead atoms. The lowest BCUT2D eigenvalue weighted by molar-refractivity contribution is 0.187. The molecule has 0 saturated carbocycles. The van der Waals surface area contributed by atoms with Gasteiger partial charge >= 0.3 is 0 Å². The fraction of sp³-hybridized carbons (Fsp3) is 0.235. The average molecular weight is 345 g/mol. The number of nitrogens with zero attached hydrogens (tertiary/aromatic N) is 2. The molecule has 1 aromatic heterocycles. The zero-order valence-electron chi connectivity index (χ0n) is 11.9. The fourth-order valence-corrected chi connectivity index (χ4v) is 2.84. The van der Waals surface area contributed by atoms with Gasteiger partial charge in [0.25, 0.3) is 0 Å². The van der Waals surface area contributed by atoms with Crippen molar-refractivity contribution in [3.05, 3.63) is 64.4 Å². The number of hydrogen-bond acceptors (Lipinski definition) is 2. The molecule has 0 radical (unpaired) electrons. The van der Waals surface area contributed by atoms with Crippen molar-refractivity contribution in [3.8, 4) is 0 Å². The van der Waals surface area contributed by atoms with Crippen LogP contribution < -0.4 is 0 Å². The third-order valence-corrected chi connectivity index (χ3v) is 4.01. The lowest BCUT2D eigenvalue weighted by Gasteiger charge is -2.09. The maximum absolute atomic E-state index is 5.24.